The normalized spacial score (nSPS) is 31.0. The van der Waals surface area contributed by atoms with Crippen LogP contribution in [0.2, 0.25) is 5.02 Å². The first-order chi connectivity index (χ1) is 22.7. The molecule has 13 heteroatoms. The van der Waals surface area contributed by atoms with Crippen LogP contribution in [0.1, 0.15) is 67.4 Å². The number of nitrogens with one attached hydrogen (secondary N) is 2. The van der Waals surface area contributed by atoms with E-state index < -0.39 is 31.2 Å². The second kappa shape index (κ2) is 13.9. The number of ether oxygens (including phenoxy) is 2. The highest BCUT2D eigenvalue weighted by molar-refractivity contribution is 7.90. The van der Waals surface area contributed by atoms with Gasteiger partial charge >= 0.3 is 0 Å². The van der Waals surface area contributed by atoms with Crippen LogP contribution in [0, 0.1) is 17.8 Å². The predicted octanol–water partition coefficient (Wildman–Crippen LogP) is 4.82. The monoisotopic (exact) mass is 719 g/mol. The lowest BCUT2D eigenvalue weighted by Gasteiger charge is -2.46. The Labute approximate surface area is 289 Å². The lowest BCUT2D eigenvalue weighted by molar-refractivity contribution is -0.0116. The van der Waals surface area contributed by atoms with Gasteiger partial charge in [-0.2, -0.15) is 0 Å². The van der Waals surface area contributed by atoms with Crippen LogP contribution in [-0.2, 0) is 36.6 Å². The van der Waals surface area contributed by atoms with E-state index in [2.05, 4.69) is 26.5 Å². The van der Waals surface area contributed by atoms with Crippen molar-refractivity contribution in [2.45, 2.75) is 69.1 Å². The van der Waals surface area contributed by atoms with Crippen LogP contribution >= 0.6 is 11.6 Å². The average Bonchev–Trinajstić information content (AvgIpc) is 3.16. The van der Waals surface area contributed by atoms with E-state index in [1.54, 1.807) is 25.1 Å². The molecule has 262 valence electrons. The molecule has 48 heavy (non-hydrogen) atoms. The minimum absolute atomic E-state index is 0.164. The Kier molecular flexibility index (Phi) is 10.2. The molecule has 2 aliphatic heterocycles. The zero-order valence-electron chi connectivity index (χ0n) is 27.8. The first kappa shape index (κ1) is 35.2. The van der Waals surface area contributed by atoms with Crippen molar-refractivity contribution in [1.82, 2.24) is 9.44 Å². The molecule has 10 nitrogen and oxygen atoms in total. The van der Waals surface area contributed by atoms with E-state index in [-0.39, 0.29) is 48.0 Å². The third kappa shape index (κ3) is 7.57. The summed E-state index contributed by atoms with van der Waals surface area (Å²) in [6, 6.07) is 11.3. The van der Waals surface area contributed by atoms with Crippen molar-refractivity contribution in [3.05, 3.63) is 70.3 Å². The Bertz CT molecular complexity index is 1780. The van der Waals surface area contributed by atoms with Gasteiger partial charge in [-0.3, -0.25) is 4.79 Å². The second-order valence-corrected chi connectivity index (χ2v) is 18.4. The molecule has 2 heterocycles. The summed E-state index contributed by atoms with van der Waals surface area (Å²) in [5.41, 5.74) is 3.19. The first-order valence-corrected chi connectivity index (χ1v) is 20.7. The number of allylic oxidation sites excluding steroid dienone is 1. The Morgan fingerprint density at radius 3 is 2.73 bits per heavy atom. The Balaban J connectivity index is 1.38. The highest BCUT2D eigenvalue weighted by Crippen LogP contribution is 2.47. The van der Waals surface area contributed by atoms with E-state index in [4.69, 9.17) is 21.1 Å². The molecule has 2 aliphatic carbocycles. The molecule has 6 rings (SSSR count). The summed E-state index contributed by atoms with van der Waals surface area (Å²) in [7, 11) is -7.32. The molecule has 4 aliphatic rings. The van der Waals surface area contributed by atoms with E-state index in [1.807, 2.05) is 25.1 Å². The van der Waals surface area contributed by atoms with Gasteiger partial charge in [-0.05, 0) is 105 Å². The number of fused-ring (bicyclic) bond motifs is 4. The van der Waals surface area contributed by atoms with Crippen molar-refractivity contribution in [2.24, 2.45) is 17.8 Å². The summed E-state index contributed by atoms with van der Waals surface area (Å²) in [6.07, 6.45) is 10.1. The van der Waals surface area contributed by atoms with E-state index in [0.29, 0.717) is 36.9 Å². The van der Waals surface area contributed by atoms with Gasteiger partial charge in [-0.1, -0.05) is 36.7 Å². The number of hydrogen-bond acceptors (Lipinski definition) is 8. The van der Waals surface area contributed by atoms with Gasteiger partial charge in [0, 0.05) is 35.6 Å². The number of halogens is 1. The second-order valence-electron chi connectivity index (χ2n) is 14.1. The van der Waals surface area contributed by atoms with Crippen LogP contribution in [-0.4, -0.2) is 73.2 Å². The molecule has 1 spiro atoms. The lowest BCUT2D eigenvalue weighted by Crippen LogP contribution is -2.50. The topological polar surface area (TPSA) is 131 Å². The minimum atomic E-state index is -3.98. The number of aryl methyl sites for hydroxylation is 1. The molecule has 6 atom stereocenters. The van der Waals surface area contributed by atoms with Gasteiger partial charge in [0.1, 0.15) is 5.75 Å². The number of rotatable bonds is 5. The van der Waals surface area contributed by atoms with Gasteiger partial charge in [-0.25, -0.2) is 26.3 Å². The number of amides is 1. The SMILES string of the molecule is C[C@@H]1[C@@H](C)C/C=C\[C@H](OCCNS(C)(=O)=O)[C@@H]2CC[C@H]2CN2C[C@@]3(CCCc4cc(Cl)ccc43)COc3ccc(cc32)C(=O)NS1(=O)=O. The zero-order valence-corrected chi connectivity index (χ0v) is 30.2. The van der Waals surface area contributed by atoms with Gasteiger partial charge in [0.05, 0.1) is 36.5 Å². The molecule has 2 aromatic rings. The lowest BCUT2D eigenvalue weighted by atomic mass is 9.68. The van der Waals surface area contributed by atoms with E-state index in [0.717, 1.165) is 44.0 Å². The van der Waals surface area contributed by atoms with Crippen LogP contribution in [0.5, 0.6) is 5.75 Å². The molecule has 0 unspecified atom stereocenters. The number of anilines is 1. The van der Waals surface area contributed by atoms with Crippen LogP contribution < -0.4 is 19.1 Å². The Hall–Kier alpha value is -2.64. The maximum Gasteiger partial charge on any atom is 0.264 e. The van der Waals surface area contributed by atoms with Crippen molar-refractivity contribution in [1.29, 1.82) is 0 Å². The molecule has 1 amide bonds. The number of nitrogens with zero attached hydrogens (tertiary/aromatic N) is 1. The summed E-state index contributed by atoms with van der Waals surface area (Å²) in [6.45, 7) is 5.67. The standard InChI is InChI=1S/C35H46ClN3O7S2/c1-23-6-4-8-32(45-17-16-37-47(3,41)42)29-12-9-27(29)20-39-21-35(15-5-7-25-18-28(36)11-13-30(25)35)22-46-33-14-10-26(19-31(33)39)34(40)38-48(43,44)24(23)2/h4,8,10-11,13-14,18-19,23-24,27,29,32,37H,5-7,9,12,15-17,20-22H2,1-3H3,(H,38,40)/b8-4-/t23-,24+,27-,29+,32-,35-/m0/s1. The number of hydrogen-bond donors (Lipinski definition) is 2. The van der Waals surface area contributed by atoms with Gasteiger partial charge in [0.2, 0.25) is 20.0 Å². The van der Waals surface area contributed by atoms with Crippen LogP contribution in [0.4, 0.5) is 5.69 Å². The summed E-state index contributed by atoms with van der Waals surface area (Å²) in [4.78, 5) is 15.8. The van der Waals surface area contributed by atoms with Crippen molar-refractivity contribution >= 4 is 43.2 Å². The molecule has 0 saturated heterocycles. The number of benzene rings is 2. The largest absolute Gasteiger partial charge is 0.490 e. The van der Waals surface area contributed by atoms with Gasteiger partial charge < -0.3 is 14.4 Å². The van der Waals surface area contributed by atoms with Crippen molar-refractivity contribution < 1.29 is 31.1 Å². The minimum Gasteiger partial charge on any atom is -0.490 e. The zero-order chi connectivity index (χ0) is 34.3. The number of carbonyl (C=O) groups excluding carboxylic acids is 1. The predicted molar refractivity (Wildman–Crippen MR) is 188 cm³/mol. The van der Waals surface area contributed by atoms with Crippen LogP contribution in [0.15, 0.2) is 48.6 Å². The molecule has 1 saturated carbocycles. The molecule has 2 bridgehead atoms. The molecular weight excluding hydrogens is 674 g/mol. The maximum atomic E-state index is 13.5. The quantitative estimate of drug-likeness (QED) is 0.333. The van der Waals surface area contributed by atoms with E-state index in [1.165, 1.54) is 11.1 Å². The van der Waals surface area contributed by atoms with Crippen LogP contribution in [0.3, 0.4) is 0 Å². The molecule has 2 aromatic carbocycles. The Morgan fingerprint density at radius 1 is 1.17 bits per heavy atom. The number of carbonyl (C=O) groups is 1. The van der Waals surface area contributed by atoms with Gasteiger partial charge in [0.15, 0.2) is 0 Å². The van der Waals surface area contributed by atoms with Gasteiger partial charge in [-0.15, -0.1) is 0 Å². The smallest absolute Gasteiger partial charge is 0.264 e. The Morgan fingerprint density at radius 2 is 1.98 bits per heavy atom. The molecule has 0 aromatic heterocycles. The molecule has 0 radical (unpaired) electrons. The average molecular weight is 720 g/mol. The van der Waals surface area contributed by atoms with Crippen LogP contribution in [0.25, 0.3) is 0 Å². The fourth-order valence-corrected chi connectivity index (χ4v) is 9.68. The third-order valence-electron chi connectivity index (χ3n) is 10.8. The van der Waals surface area contributed by atoms with E-state index >= 15 is 0 Å². The van der Waals surface area contributed by atoms with Crippen molar-refractivity contribution in [3.63, 3.8) is 0 Å². The summed E-state index contributed by atoms with van der Waals surface area (Å²) < 4.78 is 67.8. The molecule has 1 fully saturated rings. The number of sulfonamides is 2. The maximum absolute atomic E-state index is 13.5. The van der Waals surface area contributed by atoms with Crippen molar-refractivity contribution in [3.8, 4) is 5.75 Å². The molecule has 2 N–H and O–H groups in total. The highest BCUT2D eigenvalue weighted by atomic mass is 35.5. The highest BCUT2D eigenvalue weighted by Gasteiger charge is 2.44. The van der Waals surface area contributed by atoms with E-state index in [9.17, 15) is 21.6 Å². The fourth-order valence-electron chi connectivity index (χ4n) is 7.74. The third-order valence-corrected chi connectivity index (χ3v) is 13.7. The molecular formula is C35H46ClN3O7S2. The van der Waals surface area contributed by atoms with Gasteiger partial charge in [0.25, 0.3) is 5.91 Å². The summed E-state index contributed by atoms with van der Waals surface area (Å²) in [5.74, 6) is 0.168. The first-order valence-electron chi connectivity index (χ1n) is 16.8. The summed E-state index contributed by atoms with van der Waals surface area (Å²) in [5, 5.41) is -0.111. The summed E-state index contributed by atoms with van der Waals surface area (Å²) >= 11 is 6.42. The fraction of sp³-hybridized carbons (Fsp3) is 0.571. The van der Waals surface area contributed by atoms with Crippen molar-refractivity contribution in [2.75, 3.05) is 44.0 Å².